The normalized spacial score (nSPS) is 13.1. The third-order valence-corrected chi connectivity index (χ3v) is 12.6. The fraction of sp³-hybridized carbons (Fsp3) is 0.704. The Morgan fingerprint density at radius 1 is 0.357 bits per heavy atom. The molecule has 0 fully saturated rings. The highest BCUT2D eigenvalue weighted by molar-refractivity contribution is 5.79. The van der Waals surface area contributed by atoms with Crippen LogP contribution < -0.4 is 0 Å². The third kappa shape index (κ3) is 15.7. The summed E-state index contributed by atoms with van der Waals surface area (Å²) in [6, 6.07) is 10.1. The first kappa shape index (κ1) is 47.9. The molecule has 0 bridgehead atoms. The molecule has 1 heterocycles. The number of aryl methyl sites for hydroxylation is 4. The second-order valence-electron chi connectivity index (χ2n) is 17.5. The van der Waals surface area contributed by atoms with E-state index in [1.54, 1.807) is 38.1 Å². The van der Waals surface area contributed by atoms with Gasteiger partial charge in [-0.15, -0.1) is 0 Å². The van der Waals surface area contributed by atoms with Gasteiger partial charge in [0, 0.05) is 22.8 Å². The molecule has 0 atom stereocenters. The first-order valence-electron chi connectivity index (χ1n) is 24.7. The van der Waals surface area contributed by atoms with E-state index in [2.05, 4.69) is 78.8 Å². The van der Waals surface area contributed by atoms with E-state index >= 15 is 0 Å². The van der Waals surface area contributed by atoms with Crippen molar-refractivity contribution in [3.8, 4) is 0 Å². The van der Waals surface area contributed by atoms with Crippen LogP contribution in [0.4, 0.5) is 0 Å². The molecule has 0 aliphatic carbocycles. The number of unbranched alkanes of at least 4 members (excludes halogenated alkanes) is 17. The summed E-state index contributed by atoms with van der Waals surface area (Å²) in [7, 11) is 0. The van der Waals surface area contributed by atoms with Gasteiger partial charge in [0.15, 0.2) is 0 Å². The van der Waals surface area contributed by atoms with Gasteiger partial charge in [-0.3, -0.25) is 0 Å². The lowest BCUT2D eigenvalue weighted by molar-refractivity contribution is -0.344. The van der Waals surface area contributed by atoms with Crippen LogP contribution in [-0.4, -0.2) is 4.70 Å². The van der Waals surface area contributed by atoms with Crippen molar-refractivity contribution < 1.29 is 4.70 Å². The average Bonchev–Trinajstić information content (AvgIpc) is 3.54. The highest BCUT2D eigenvalue weighted by Gasteiger charge is 2.31. The van der Waals surface area contributed by atoms with Crippen molar-refractivity contribution in [2.45, 2.75) is 248 Å². The van der Waals surface area contributed by atoms with Crippen LogP contribution in [0.1, 0.15) is 253 Å². The van der Waals surface area contributed by atoms with Gasteiger partial charge in [0.1, 0.15) is 0 Å². The maximum absolute atomic E-state index is 12.6. The molecule has 0 spiro atoms. The van der Waals surface area contributed by atoms with Crippen LogP contribution in [-0.2, 0) is 38.5 Å². The SMILES string of the molecule is CCCCCCc1cc(C2=CC(CCCC)=C(c3cc(CCCCCC)c(CCCCC)c(CCCCCC)c3)[N+]2=[N-])cc(CCCCCC)c1CCCCC. The van der Waals surface area contributed by atoms with Crippen LogP contribution in [0.2, 0.25) is 0 Å². The first-order valence-corrected chi connectivity index (χ1v) is 24.7. The molecule has 0 saturated heterocycles. The van der Waals surface area contributed by atoms with Crippen molar-refractivity contribution in [2.75, 3.05) is 0 Å². The first-order chi connectivity index (χ1) is 27.5. The molecule has 3 rings (SSSR count). The molecule has 0 saturated carbocycles. The summed E-state index contributed by atoms with van der Waals surface area (Å²) in [6.45, 7) is 16.2. The van der Waals surface area contributed by atoms with Crippen molar-refractivity contribution in [1.82, 2.24) is 0 Å². The number of nitrogens with zero attached hydrogens (tertiary/aromatic N) is 2. The zero-order chi connectivity index (χ0) is 40.4. The summed E-state index contributed by atoms with van der Waals surface area (Å²) in [5, 5.41) is 0. The lowest BCUT2D eigenvalue weighted by atomic mass is 9.87. The van der Waals surface area contributed by atoms with E-state index in [4.69, 9.17) is 0 Å². The zero-order valence-corrected chi connectivity index (χ0v) is 38.2. The summed E-state index contributed by atoms with van der Waals surface area (Å²) in [4.78, 5) is 0. The Hall–Kier alpha value is -2.48. The summed E-state index contributed by atoms with van der Waals surface area (Å²) < 4.78 is 1.65. The molecule has 0 radical (unpaired) electrons. The standard InChI is InChI=1S/C54H88N2/c1-8-15-22-28-33-44-39-49(40-45(34-29-23-16-9-2)51(44)37-26-19-12-5)53-43-48(32-21-14-7)54(56(53)55)50-41-46(35-30-24-17-10-3)52(38-27-20-13-6)47(42-50)36-31-25-18-11-4/h39-43H,8-38H2,1-7H3. The second-order valence-corrected chi connectivity index (χ2v) is 17.5. The van der Waals surface area contributed by atoms with Crippen molar-refractivity contribution in [3.05, 3.63) is 86.0 Å². The molecule has 2 aromatic rings. The van der Waals surface area contributed by atoms with E-state index in [9.17, 15) is 5.53 Å². The summed E-state index contributed by atoms with van der Waals surface area (Å²) in [5.41, 5.74) is 27.9. The number of rotatable bonds is 33. The Balaban J connectivity index is 2.17. The van der Waals surface area contributed by atoms with Gasteiger partial charge in [-0.05, 0) is 148 Å². The summed E-state index contributed by atoms with van der Waals surface area (Å²) >= 11 is 0. The highest BCUT2D eigenvalue weighted by Crippen LogP contribution is 2.40. The van der Waals surface area contributed by atoms with E-state index in [0.29, 0.717) is 0 Å². The maximum Gasteiger partial charge on any atom is 0.210 e. The molecule has 1 aliphatic heterocycles. The van der Waals surface area contributed by atoms with Crippen molar-refractivity contribution in [2.24, 2.45) is 0 Å². The predicted molar refractivity (Wildman–Crippen MR) is 249 cm³/mol. The minimum Gasteiger partial charge on any atom is -0.493 e. The molecule has 0 aromatic heterocycles. The van der Waals surface area contributed by atoms with Crippen LogP contribution in [0.5, 0.6) is 0 Å². The van der Waals surface area contributed by atoms with Gasteiger partial charge in [0.2, 0.25) is 11.4 Å². The van der Waals surface area contributed by atoms with Crippen LogP contribution in [0.15, 0.2) is 35.9 Å². The molecule has 0 unspecified atom stereocenters. The smallest absolute Gasteiger partial charge is 0.210 e. The highest BCUT2D eigenvalue weighted by atomic mass is 15.2. The van der Waals surface area contributed by atoms with Crippen LogP contribution in [0.25, 0.3) is 16.9 Å². The predicted octanol–water partition coefficient (Wildman–Crippen LogP) is 17.6. The summed E-state index contributed by atoms with van der Waals surface area (Å²) in [6.07, 6.45) is 41.0. The van der Waals surface area contributed by atoms with Crippen LogP contribution >= 0.6 is 0 Å². The topological polar surface area (TPSA) is 25.3 Å². The number of benzene rings is 2. The fourth-order valence-corrected chi connectivity index (χ4v) is 9.11. The minimum absolute atomic E-state index is 0.997. The van der Waals surface area contributed by atoms with Gasteiger partial charge >= 0.3 is 0 Å². The monoisotopic (exact) mass is 765 g/mol. The van der Waals surface area contributed by atoms with Crippen LogP contribution in [0, 0.1) is 0 Å². The Kier molecular flexibility index (Phi) is 24.7. The number of allylic oxidation sites excluding steroid dienone is 2. The molecule has 0 N–H and O–H groups in total. The Bertz CT molecular complexity index is 1410. The number of hydrogen-bond acceptors (Lipinski definition) is 0. The van der Waals surface area contributed by atoms with E-state index in [0.717, 1.165) is 56.3 Å². The Morgan fingerprint density at radius 2 is 0.679 bits per heavy atom. The molecule has 2 nitrogen and oxygen atoms in total. The fourth-order valence-electron chi connectivity index (χ4n) is 9.11. The van der Waals surface area contributed by atoms with E-state index in [1.165, 1.54) is 171 Å². The molecule has 314 valence electrons. The van der Waals surface area contributed by atoms with Gasteiger partial charge in [-0.1, -0.05) is 158 Å². The maximum atomic E-state index is 12.6. The van der Waals surface area contributed by atoms with Crippen molar-refractivity contribution in [3.63, 3.8) is 0 Å². The molecular formula is C54H88N2. The lowest BCUT2D eigenvalue weighted by Gasteiger charge is -2.20. The molecule has 2 aromatic carbocycles. The quantitative estimate of drug-likeness (QED) is 0.0511. The van der Waals surface area contributed by atoms with Gasteiger partial charge in [0.05, 0.1) is 0 Å². The zero-order valence-electron chi connectivity index (χ0n) is 38.2. The molecule has 1 aliphatic rings. The minimum atomic E-state index is 0.997. The van der Waals surface area contributed by atoms with E-state index in [-0.39, 0.29) is 0 Å². The largest absolute Gasteiger partial charge is 0.493 e. The van der Waals surface area contributed by atoms with Gasteiger partial charge < -0.3 is 5.53 Å². The lowest BCUT2D eigenvalue weighted by Crippen LogP contribution is -2.09. The molecule has 0 amide bonds. The second kappa shape index (κ2) is 28.8. The third-order valence-electron chi connectivity index (χ3n) is 12.6. The Labute approximate surface area is 348 Å². The van der Waals surface area contributed by atoms with Crippen LogP contribution in [0.3, 0.4) is 0 Å². The van der Waals surface area contributed by atoms with Crippen molar-refractivity contribution in [1.29, 1.82) is 0 Å². The van der Waals surface area contributed by atoms with Gasteiger partial charge in [-0.25, -0.2) is 4.70 Å². The van der Waals surface area contributed by atoms with E-state index in [1.807, 2.05) is 0 Å². The molecule has 56 heavy (non-hydrogen) atoms. The molecular weight excluding hydrogens is 677 g/mol. The Morgan fingerprint density at radius 3 is 1.04 bits per heavy atom. The van der Waals surface area contributed by atoms with Crippen molar-refractivity contribution >= 4 is 11.4 Å². The summed E-state index contributed by atoms with van der Waals surface area (Å²) in [5.74, 6) is 0. The van der Waals surface area contributed by atoms with Gasteiger partial charge in [-0.2, -0.15) is 0 Å². The van der Waals surface area contributed by atoms with E-state index < -0.39 is 0 Å². The molecule has 2 heteroatoms. The number of hydrogen-bond donors (Lipinski definition) is 0. The van der Waals surface area contributed by atoms with Gasteiger partial charge in [0.25, 0.3) is 0 Å². The average molecular weight is 765 g/mol.